The molecule has 1 aliphatic heterocycles. The van der Waals surface area contributed by atoms with E-state index in [1.54, 1.807) is 0 Å². The van der Waals surface area contributed by atoms with Gasteiger partial charge in [0.25, 0.3) is 0 Å². The molecule has 56 heavy (non-hydrogen) atoms. The van der Waals surface area contributed by atoms with Crippen molar-refractivity contribution in [3.8, 4) is 0 Å². The second kappa shape index (κ2) is 13.7. The lowest BCUT2D eigenvalue weighted by Gasteiger charge is -2.65. The Hall–Kier alpha value is -2.24. The molecule has 4 saturated carbocycles. The lowest BCUT2D eigenvalue weighted by molar-refractivity contribution is -0.349. The lowest BCUT2D eigenvalue weighted by atomic mass is 9.53. The Labute approximate surface area is 309 Å². The molecule has 5 aliphatic rings. The third-order valence-electron chi connectivity index (χ3n) is 9.80. The summed E-state index contributed by atoms with van der Waals surface area (Å²) in [5.41, 5.74) is -4.54. The summed E-state index contributed by atoms with van der Waals surface area (Å²) in [6.07, 6.45) is -21.7. The van der Waals surface area contributed by atoms with Crippen LogP contribution in [-0.4, -0.2) is 112 Å². The van der Waals surface area contributed by atoms with Crippen molar-refractivity contribution in [1.29, 1.82) is 0 Å². The second-order valence-corrected chi connectivity index (χ2v) is 18.0. The van der Waals surface area contributed by atoms with Crippen molar-refractivity contribution in [1.82, 2.24) is 0 Å². The Morgan fingerprint density at radius 3 is 1.30 bits per heavy atom. The average molecular weight is 917 g/mol. The van der Waals surface area contributed by atoms with Gasteiger partial charge < -0.3 is 14.2 Å². The van der Waals surface area contributed by atoms with Crippen molar-refractivity contribution < 1.29 is 121 Å². The molecule has 0 amide bonds. The molecule has 30 heteroatoms. The highest BCUT2D eigenvalue weighted by atomic mass is 32.2. The van der Waals surface area contributed by atoms with E-state index in [1.165, 1.54) is 0 Å². The number of rotatable bonds is 11. The van der Waals surface area contributed by atoms with Crippen molar-refractivity contribution in [3.63, 3.8) is 0 Å². The number of carbonyl (C=O) groups is 3. The smallest absolute Gasteiger partial charge is 0.460 e. The normalized spacial score (nSPS) is 28.1. The van der Waals surface area contributed by atoms with Gasteiger partial charge in [0.05, 0.1) is 9.49 Å². The minimum absolute atomic E-state index is 0.0998. The van der Waals surface area contributed by atoms with Gasteiger partial charge in [-0.15, -0.1) is 23.5 Å². The van der Waals surface area contributed by atoms with Crippen LogP contribution in [0.3, 0.4) is 0 Å². The van der Waals surface area contributed by atoms with E-state index in [1.807, 2.05) is 0 Å². The minimum atomic E-state index is -7.09. The Morgan fingerprint density at radius 2 is 0.982 bits per heavy atom. The van der Waals surface area contributed by atoms with E-state index in [0.717, 1.165) is 0 Å². The first kappa shape index (κ1) is 46.4. The summed E-state index contributed by atoms with van der Waals surface area (Å²) >= 11 is 1.19. The summed E-state index contributed by atoms with van der Waals surface area (Å²) in [4.78, 5) is 36.2. The van der Waals surface area contributed by atoms with E-state index < -0.39 is 146 Å². The first-order valence-corrected chi connectivity index (χ1v) is 18.4. The predicted molar refractivity (Wildman–Crippen MR) is 148 cm³/mol. The highest BCUT2D eigenvalue weighted by molar-refractivity contribution is 8.18. The molecule has 1 saturated heterocycles. The number of thioether (sulfide) groups is 2. The monoisotopic (exact) mass is 916 g/mol. The largest absolute Gasteiger partial charge is 0.460 e. The first-order chi connectivity index (χ1) is 24.8. The van der Waals surface area contributed by atoms with Crippen LogP contribution in [0, 0.1) is 23.2 Å². The highest BCUT2D eigenvalue weighted by Crippen LogP contribution is 2.71. The molecule has 1 spiro atoms. The van der Waals surface area contributed by atoms with Crippen LogP contribution in [-0.2, 0) is 38.7 Å². The summed E-state index contributed by atoms with van der Waals surface area (Å²) in [6, 6.07) is 0. The molecular formula is C26H22F18O9S3. The summed E-state index contributed by atoms with van der Waals surface area (Å²) in [7, 11) is -6.85. The van der Waals surface area contributed by atoms with Gasteiger partial charge >= 0.3 is 75.2 Å². The lowest BCUT2D eigenvalue weighted by Crippen LogP contribution is -2.65. The Kier molecular flexibility index (Phi) is 11.3. The molecule has 4 aliphatic carbocycles. The maximum atomic E-state index is 14.8. The predicted octanol–water partition coefficient (Wildman–Crippen LogP) is 7.14. The van der Waals surface area contributed by atoms with Crippen LogP contribution >= 0.6 is 23.5 Å². The summed E-state index contributed by atoms with van der Waals surface area (Å²) in [5.74, 6) is -41.9. The molecular weight excluding hydrogens is 894 g/mol. The first-order valence-electron chi connectivity index (χ1n) is 15.0. The number of hydrogen-bond acceptors (Lipinski definition) is 10. The van der Waals surface area contributed by atoms with Gasteiger partial charge in [0, 0.05) is 11.5 Å². The van der Waals surface area contributed by atoms with Crippen molar-refractivity contribution in [2.24, 2.45) is 23.2 Å². The third-order valence-corrected chi connectivity index (χ3v) is 15.4. The van der Waals surface area contributed by atoms with Crippen molar-refractivity contribution in [3.05, 3.63) is 0 Å². The number of esters is 3. The molecule has 5 rings (SSSR count). The molecule has 324 valence electrons. The van der Waals surface area contributed by atoms with E-state index in [-0.39, 0.29) is 19.3 Å². The zero-order valence-electron chi connectivity index (χ0n) is 26.8. The van der Waals surface area contributed by atoms with Gasteiger partial charge in [-0.1, -0.05) is 0 Å². The fourth-order valence-corrected chi connectivity index (χ4v) is 11.8. The van der Waals surface area contributed by atoms with Gasteiger partial charge in [-0.2, -0.15) is 83.1 Å². The molecule has 1 N–H and O–H groups in total. The zero-order chi connectivity index (χ0) is 43.4. The van der Waals surface area contributed by atoms with Crippen LogP contribution in [0.15, 0.2) is 0 Å². The Morgan fingerprint density at radius 1 is 0.607 bits per heavy atom. The summed E-state index contributed by atoms with van der Waals surface area (Å²) in [6.45, 7) is -3.71. The van der Waals surface area contributed by atoms with E-state index in [0.29, 0.717) is 23.5 Å². The zero-order valence-corrected chi connectivity index (χ0v) is 29.3. The molecule has 0 radical (unpaired) electrons. The molecule has 3 atom stereocenters. The number of halogens is 18. The molecule has 0 aromatic rings. The second-order valence-electron chi connectivity index (χ2n) is 13.7. The Bertz CT molecular complexity index is 1620. The van der Waals surface area contributed by atoms with Gasteiger partial charge in [0.2, 0.25) is 0 Å². The van der Waals surface area contributed by atoms with E-state index in [9.17, 15) is 102 Å². The highest BCUT2D eigenvalue weighted by Gasteiger charge is 2.79. The van der Waals surface area contributed by atoms with Crippen LogP contribution in [0.1, 0.15) is 32.1 Å². The SMILES string of the molecule is O=C(OCC1(COC(=O)C(F)(F)C(F)(F)C(F)(F)F)CSC2(SC1)C1CC3CC2CC(OC(=O)C(F)(C(F)(F)F)S(=O)(=O)O)(C3)C1)C(F)(F)C(F)(F)C(F)(F)F. The molecule has 0 aromatic carbocycles. The molecule has 0 aromatic heterocycles. The Balaban J connectivity index is 1.61. The van der Waals surface area contributed by atoms with E-state index >= 15 is 0 Å². The number of carbonyl (C=O) groups excluding carboxylic acids is 3. The maximum absolute atomic E-state index is 14.8. The molecule has 9 nitrogen and oxygen atoms in total. The molecule has 1 heterocycles. The minimum Gasteiger partial charge on any atom is -0.460 e. The molecule has 4 bridgehead atoms. The standard InChI is InChI=1S/C26H22F18O9S3/c27-19(28,22(32,33)25(39,40)41)13(45)51-6-16(7-52-14(46)20(29,30)23(34,35)26(42,43)44)8-54-18(55-9-16)11-1-10-2-12(18)5-17(3-10,4-11)53-15(47)21(31,24(36,37)38)56(48,49)50/h10-12H,1-9H2,(H,48,49,50). The molecule has 5 fully saturated rings. The maximum Gasteiger partial charge on any atom is 0.460 e. The van der Waals surface area contributed by atoms with Crippen molar-refractivity contribution in [2.45, 2.75) is 89.0 Å². The van der Waals surface area contributed by atoms with Gasteiger partial charge in [-0.3, -0.25) is 4.55 Å². The molecule has 3 unspecified atom stereocenters. The van der Waals surface area contributed by atoms with Crippen LogP contribution in [0.25, 0.3) is 0 Å². The topological polar surface area (TPSA) is 133 Å². The quantitative estimate of drug-likeness (QED) is 0.0982. The van der Waals surface area contributed by atoms with Crippen molar-refractivity contribution in [2.75, 3.05) is 24.7 Å². The van der Waals surface area contributed by atoms with Crippen molar-refractivity contribution >= 4 is 51.5 Å². The fourth-order valence-electron chi connectivity index (χ4n) is 7.14. The number of ether oxygens (including phenoxy) is 3. The third kappa shape index (κ3) is 7.24. The summed E-state index contributed by atoms with van der Waals surface area (Å²) < 4.78 is 284. The van der Waals surface area contributed by atoms with Gasteiger partial charge in [-0.25, -0.2) is 18.8 Å². The van der Waals surface area contributed by atoms with Gasteiger partial charge in [-0.05, 0) is 49.9 Å². The van der Waals surface area contributed by atoms with Crippen LogP contribution in [0.5, 0.6) is 0 Å². The van der Waals surface area contributed by atoms with E-state index in [4.69, 9.17) is 9.29 Å². The van der Waals surface area contributed by atoms with Crippen LogP contribution in [0.4, 0.5) is 79.0 Å². The summed E-state index contributed by atoms with van der Waals surface area (Å²) in [5, 5.41) is -5.94. The fraction of sp³-hybridized carbons (Fsp3) is 0.885. The number of alkyl halides is 18. The van der Waals surface area contributed by atoms with Gasteiger partial charge in [0.15, 0.2) is 0 Å². The average Bonchev–Trinajstić information content (AvgIpc) is 3.02. The number of hydrogen-bond donors (Lipinski definition) is 1. The van der Waals surface area contributed by atoms with Gasteiger partial charge in [0.1, 0.15) is 18.8 Å². The van der Waals surface area contributed by atoms with Crippen LogP contribution < -0.4 is 0 Å². The van der Waals surface area contributed by atoms with Crippen LogP contribution in [0.2, 0.25) is 0 Å². The van der Waals surface area contributed by atoms with E-state index in [2.05, 4.69) is 9.47 Å².